The molecular formula is C26H25ClF2N2O4. The van der Waals surface area contributed by atoms with E-state index in [4.69, 9.17) is 37.3 Å². The highest BCUT2D eigenvalue weighted by atomic mass is 35.5. The molecule has 4 rings (SSSR count). The molecule has 1 heterocycles. The second-order valence-electron chi connectivity index (χ2n) is 8.25. The average Bonchev–Trinajstić information content (AvgIpc) is 3.13. The first-order valence-corrected chi connectivity index (χ1v) is 11.4. The van der Waals surface area contributed by atoms with E-state index in [0.717, 1.165) is 11.6 Å². The van der Waals surface area contributed by atoms with E-state index in [9.17, 15) is 4.79 Å². The Bertz CT molecular complexity index is 1270. The fraction of sp³-hybridized carbons (Fsp3) is 0.269. The molecule has 184 valence electrons. The van der Waals surface area contributed by atoms with Gasteiger partial charge in [-0.3, -0.25) is 4.79 Å². The maximum absolute atomic E-state index is 15.9. The van der Waals surface area contributed by atoms with E-state index in [1.54, 1.807) is 0 Å². The molecule has 0 fully saturated rings. The number of ether oxygens (including phenoxy) is 3. The Hall–Kier alpha value is -3.20. The van der Waals surface area contributed by atoms with Gasteiger partial charge in [-0.1, -0.05) is 48.9 Å². The predicted molar refractivity (Wildman–Crippen MR) is 129 cm³/mol. The fourth-order valence-corrected chi connectivity index (χ4v) is 4.86. The molecule has 0 bridgehead atoms. The van der Waals surface area contributed by atoms with Crippen molar-refractivity contribution in [3.8, 4) is 22.6 Å². The Morgan fingerprint density at radius 2 is 1.86 bits per heavy atom. The Balaban J connectivity index is 1.99. The largest absolute Gasteiger partial charge is 0.488 e. The highest BCUT2D eigenvalue weighted by molar-refractivity contribution is 6.34. The van der Waals surface area contributed by atoms with E-state index in [2.05, 4.69) is 0 Å². The van der Waals surface area contributed by atoms with Crippen LogP contribution in [0.1, 0.15) is 34.3 Å². The summed E-state index contributed by atoms with van der Waals surface area (Å²) in [6, 6.07) is 13.0. The Kier molecular flexibility index (Phi) is 6.98. The third-order valence-electron chi connectivity index (χ3n) is 6.38. The van der Waals surface area contributed by atoms with Gasteiger partial charge in [0.1, 0.15) is 18.2 Å². The number of halogens is 3. The Morgan fingerprint density at radius 1 is 1.14 bits per heavy atom. The third kappa shape index (κ3) is 4.11. The molecule has 2 atom stereocenters. The SMILES string of the molecule is COCCOc1ccc(C(N)=O)c(-c2c(Cl)c(F)cc3c2C(C)C(CN)(c2ccccc2)O3)c1F. The summed E-state index contributed by atoms with van der Waals surface area (Å²) >= 11 is 6.45. The number of carbonyl (C=O) groups is 1. The van der Waals surface area contributed by atoms with Crippen molar-refractivity contribution in [1.82, 2.24) is 0 Å². The van der Waals surface area contributed by atoms with Gasteiger partial charge >= 0.3 is 0 Å². The van der Waals surface area contributed by atoms with Gasteiger partial charge in [-0.15, -0.1) is 0 Å². The zero-order chi connectivity index (χ0) is 25.3. The summed E-state index contributed by atoms with van der Waals surface area (Å²) in [7, 11) is 1.48. The molecular weight excluding hydrogens is 478 g/mol. The molecule has 0 saturated carbocycles. The van der Waals surface area contributed by atoms with Crippen LogP contribution in [0, 0.1) is 11.6 Å². The number of hydrogen-bond acceptors (Lipinski definition) is 5. The molecule has 1 aliphatic heterocycles. The smallest absolute Gasteiger partial charge is 0.249 e. The van der Waals surface area contributed by atoms with Gasteiger partial charge in [0.05, 0.1) is 17.2 Å². The van der Waals surface area contributed by atoms with Crippen molar-refractivity contribution in [3.63, 3.8) is 0 Å². The third-order valence-corrected chi connectivity index (χ3v) is 6.75. The highest BCUT2D eigenvalue weighted by Gasteiger charge is 2.49. The number of methoxy groups -OCH3 is 1. The number of amides is 1. The van der Waals surface area contributed by atoms with Crippen LogP contribution >= 0.6 is 11.6 Å². The lowest BCUT2D eigenvalue weighted by Crippen LogP contribution is -2.41. The number of hydrogen-bond donors (Lipinski definition) is 2. The normalized spacial score (nSPS) is 18.7. The molecule has 3 aromatic rings. The van der Waals surface area contributed by atoms with Crippen LogP contribution in [0.15, 0.2) is 48.5 Å². The van der Waals surface area contributed by atoms with E-state index in [0.29, 0.717) is 5.56 Å². The van der Waals surface area contributed by atoms with Crippen molar-refractivity contribution in [2.45, 2.75) is 18.4 Å². The van der Waals surface area contributed by atoms with Crippen molar-refractivity contribution in [2.75, 3.05) is 26.9 Å². The maximum atomic E-state index is 15.9. The molecule has 0 spiro atoms. The van der Waals surface area contributed by atoms with Crippen LogP contribution in [0.4, 0.5) is 8.78 Å². The first-order chi connectivity index (χ1) is 16.8. The second-order valence-corrected chi connectivity index (χ2v) is 8.63. The van der Waals surface area contributed by atoms with Crippen LogP contribution in [0.2, 0.25) is 5.02 Å². The summed E-state index contributed by atoms with van der Waals surface area (Å²) in [4.78, 5) is 12.3. The van der Waals surface area contributed by atoms with Crippen LogP contribution in [-0.2, 0) is 10.3 Å². The van der Waals surface area contributed by atoms with E-state index >= 15 is 8.78 Å². The molecule has 35 heavy (non-hydrogen) atoms. The van der Waals surface area contributed by atoms with Gasteiger partial charge in [0.25, 0.3) is 0 Å². The quantitative estimate of drug-likeness (QED) is 0.433. The van der Waals surface area contributed by atoms with Crippen LogP contribution in [0.3, 0.4) is 0 Å². The Labute approximate surface area is 206 Å². The molecule has 0 radical (unpaired) electrons. The molecule has 1 amide bonds. The minimum absolute atomic E-state index is 0.0242. The molecule has 3 aromatic carbocycles. The zero-order valence-electron chi connectivity index (χ0n) is 19.2. The lowest BCUT2D eigenvalue weighted by molar-refractivity contribution is 0.0800. The lowest BCUT2D eigenvalue weighted by Gasteiger charge is -2.32. The monoisotopic (exact) mass is 502 g/mol. The number of primary amides is 1. The molecule has 0 saturated heterocycles. The molecule has 4 N–H and O–H groups in total. The summed E-state index contributed by atoms with van der Waals surface area (Å²) in [5, 5.41) is -0.365. The molecule has 0 aromatic heterocycles. The van der Waals surface area contributed by atoms with Gasteiger partial charge in [0.15, 0.2) is 17.2 Å². The highest BCUT2D eigenvalue weighted by Crippen LogP contribution is 2.56. The average molecular weight is 503 g/mol. The molecule has 1 aliphatic rings. The van der Waals surface area contributed by atoms with Gasteiger partial charge in [0.2, 0.25) is 5.91 Å². The number of rotatable bonds is 8. The molecule has 9 heteroatoms. The summed E-state index contributed by atoms with van der Waals surface area (Å²) in [5.41, 5.74) is 11.4. The van der Waals surface area contributed by atoms with Crippen LogP contribution < -0.4 is 20.9 Å². The van der Waals surface area contributed by atoms with Gasteiger partial charge in [-0.25, -0.2) is 8.78 Å². The zero-order valence-corrected chi connectivity index (χ0v) is 20.0. The minimum atomic E-state index is -1.06. The van der Waals surface area contributed by atoms with Crippen molar-refractivity contribution in [3.05, 3.63) is 81.9 Å². The van der Waals surface area contributed by atoms with Crippen molar-refractivity contribution < 1.29 is 27.8 Å². The van der Waals surface area contributed by atoms with Gasteiger partial charge < -0.3 is 25.7 Å². The van der Waals surface area contributed by atoms with E-state index in [1.165, 1.54) is 19.2 Å². The summed E-state index contributed by atoms with van der Waals surface area (Å²) in [6.07, 6.45) is 0. The number of carbonyl (C=O) groups excluding carboxylic acids is 1. The Morgan fingerprint density at radius 3 is 2.49 bits per heavy atom. The van der Waals surface area contributed by atoms with E-state index in [1.807, 2.05) is 37.3 Å². The number of fused-ring (bicyclic) bond motifs is 1. The molecule has 0 aliphatic carbocycles. The van der Waals surface area contributed by atoms with Crippen molar-refractivity contribution in [1.29, 1.82) is 0 Å². The number of nitrogens with two attached hydrogens (primary N) is 2. The lowest BCUT2D eigenvalue weighted by atomic mass is 9.77. The van der Waals surface area contributed by atoms with Gasteiger partial charge in [0, 0.05) is 42.3 Å². The summed E-state index contributed by atoms with van der Waals surface area (Å²) < 4.78 is 47.7. The van der Waals surface area contributed by atoms with Crippen LogP contribution in [-0.4, -0.2) is 32.8 Å². The van der Waals surface area contributed by atoms with E-state index in [-0.39, 0.29) is 53.0 Å². The summed E-state index contributed by atoms with van der Waals surface area (Å²) in [6.45, 7) is 2.16. The maximum Gasteiger partial charge on any atom is 0.249 e. The van der Waals surface area contributed by atoms with Gasteiger partial charge in [-0.2, -0.15) is 0 Å². The molecule has 2 unspecified atom stereocenters. The predicted octanol–water partition coefficient (Wildman–Crippen LogP) is 4.76. The van der Waals surface area contributed by atoms with Gasteiger partial charge in [-0.05, 0) is 17.7 Å². The minimum Gasteiger partial charge on any atom is -0.488 e. The summed E-state index contributed by atoms with van der Waals surface area (Å²) in [5.74, 6) is -3.13. The van der Waals surface area contributed by atoms with Crippen LogP contribution in [0.5, 0.6) is 11.5 Å². The van der Waals surface area contributed by atoms with Crippen molar-refractivity contribution >= 4 is 17.5 Å². The topological polar surface area (TPSA) is 96.8 Å². The second kappa shape index (κ2) is 9.81. The molecule has 6 nitrogen and oxygen atoms in total. The van der Waals surface area contributed by atoms with E-state index < -0.39 is 29.1 Å². The number of benzene rings is 3. The standard InChI is InChI=1S/C26H25ClF2N2O4/c1-14-20-19(35-26(14,13-30)15-6-4-3-5-7-15)12-17(28)23(27)22(20)21-16(25(31)32)8-9-18(24(21)29)34-11-10-33-2/h3-9,12,14H,10-11,13,30H2,1-2H3,(H2,31,32). The first kappa shape index (κ1) is 24.9. The van der Waals surface area contributed by atoms with Crippen molar-refractivity contribution in [2.24, 2.45) is 11.5 Å². The first-order valence-electron chi connectivity index (χ1n) is 11.0. The van der Waals surface area contributed by atoms with Crippen LogP contribution in [0.25, 0.3) is 11.1 Å². The fourth-order valence-electron chi connectivity index (χ4n) is 4.61.